The van der Waals surface area contributed by atoms with Crippen molar-refractivity contribution in [2.45, 2.75) is 51.6 Å². The highest BCUT2D eigenvalue weighted by Crippen LogP contribution is 2.21. The molecular weight excluding hydrogens is 306 g/mol. The number of aryl methyl sites for hydroxylation is 3. The lowest BCUT2D eigenvalue weighted by Gasteiger charge is -2.13. The first kappa shape index (κ1) is 17.5. The molecule has 0 aliphatic carbocycles. The lowest BCUT2D eigenvalue weighted by atomic mass is 10.1. The lowest BCUT2D eigenvalue weighted by molar-refractivity contribution is -0.120. The Labute approximate surface area is 142 Å². The second-order valence-corrected chi connectivity index (χ2v) is 7.07. The lowest BCUT2D eigenvalue weighted by Crippen LogP contribution is -2.30. The fraction of sp³-hybridized carbons (Fsp3) is 0.389. The number of nitrogens with one attached hydrogen (secondary N) is 1. The Hall–Kier alpha value is -1.88. The maximum Gasteiger partial charge on any atom is 0.233 e. The summed E-state index contributed by atoms with van der Waals surface area (Å²) in [5.74, 6) is -0.00458. The summed E-state index contributed by atoms with van der Waals surface area (Å²) in [7, 11) is 0. The van der Waals surface area contributed by atoms with E-state index in [-0.39, 0.29) is 11.2 Å². The molecule has 2 rings (SSSR count). The Kier molecular flexibility index (Phi) is 5.77. The van der Waals surface area contributed by atoms with Crippen LogP contribution in [0.2, 0.25) is 0 Å². The van der Waals surface area contributed by atoms with E-state index >= 15 is 0 Å². The number of carbonyl (C=O) groups is 1. The molecule has 1 heterocycles. The van der Waals surface area contributed by atoms with Gasteiger partial charge in [0.25, 0.3) is 0 Å². The third kappa shape index (κ3) is 4.79. The summed E-state index contributed by atoms with van der Waals surface area (Å²) >= 11 is 1.39. The Bertz CT molecular complexity index is 675. The highest BCUT2D eigenvalue weighted by molar-refractivity contribution is 8.00. The van der Waals surface area contributed by atoms with Crippen molar-refractivity contribution < 1.29 is 4.79 Å². The average Bonchev–Trinajstić information content (AvgIpc) is 2.51. The van der Waals surface area contributed by atoms with E-state index in [1.807, 2.05) is 58.9 Å². The van der Waals surface area contributed by atoms with Gasteiger partial charge in [0.2, 0.25) is 5.91 Å². The van der Waals surface area contributed by atoms with E-state index in [9.17, 15) is 4.79 Å². The van der Waals surface area contributed by atoms with Crippen LogP contribution >= 0.6 is 11.8 Å². The third-order valence-corrected chi connectivity index (χ3v) is 4.81. The van der Waals surface area contributed by atoms with Gasteiger partial charge in [0.15, 0.2) is 5.16 Å². The van der Waals surface area contributed by atoms with Gasteiger partial charge in [-0.15, -0.1) is 0 Å². The number of thioether (sulfide) groups is 1. The topological polar surface area (TPSA) is 54.9 Å². The highest BCUT2D eigenvalue weighted by Gasteiger charge is 2.16. The van der Waals surface area contributed by atoms with E-state index in [2.05, 4.69) is 15.3 Å². The maximum absolute atomic E-state index is 12.2. The number of amides is 1. The van der Waals surface area contributed by atoms with Crippen molar-refractivity contribution in [1.29, 1.82) is 0 Å². The van der Waals surface area contributed by atoms with Crippen LogP contribution in [0, 0.1) is 27.7 Å². The molecule has 0 saturated heterocycles. The van der Waals surface area contributed by atoms with Gasteiger partial charge in [-0.2, -0.15) is 0 Å². The summed E-state index contributed by atoms with van der Waals surface area (Å²) in [6, 6.07) is 8.16. The molecule has 2 aromatic rings. The van der Waals surface area contributed by atoms with E-state index in [0.29, 0.717) is 11.7 Å². The van der Waals surface area contributed by atoms with Crippen molar-refractivity contribution in [1.82, 2.24) is 15.3 Å². The van der Waals surface area contributed by atoms with Gasteiger partial charge in [-0.05, 0) is 45.7 Å². The molecule has 0 aliphatic heterocycles. The molecule has 1 atom stereocenters. The molecular formula is C18H23N3OS. The first-order valence-electron chi connectivity index (χ1n) is 7.68. The molecule has 0 bridgehead atoms. The second-order valence-electron chi connectivity index (χ2n) is 5.77. The smallest absolute Gasteiger partial charge is 0.233 e. The van der Waals surface area contributed by atoms with Gasteiger partial charge in [-0.25, -0.2) is 9.97 Å². The van der Waals surface area contributed by atoms with Gasteiger partial charge >= 0.3 is 0 Å². The number of hydrogen-bond donors (Lipinski definition) is 1. The van der Waals surface area contributed by atoms with Gasteiger partial charge in [0.05, 0.1) is 5.25 Å². The molecule has 1 aromatic heterocycles. The standard InChI is InChI=1S/C18H23N3OS/c1-11-6-8-16(9-7-11)10-19-17(22)15(5)23-18-20-13(3)12(2)14(4)21-18/h6-9,15H,10H2,1-5H3,(H,19,22)/t15-/m1/s1. The van der Waals surface area contributed by atoms with Crippen molar-refractivity contribution in [3.8, 4) is 0 Å². The van der Waals surface area contributed by atoms with E-state index < -0.39 is 0 Å². The molecule has 1 N–H and O–H groups in total. The van der Waals surface area contributed by atoms with Crippen LogP contribution in [-0.2, 0) is 11.3 Å². The molecule has 0 fully saturated rings. The highest BCUT2D eigenvalue weighted by atomic mass is 32.2. The first-order chi connectivity index (χ1) is 10.9. The molecule has 4 nitrogen and oxygen atoms in total. The molecule has 23 heavy (non-hydrogen) atoms. The van der Waals surface area contributed by atoms with Crippen LogP contribution in [-0.4, -0.2) is 21.1 Å². The van der Waals surface area contributed by atoms with Gasteiger partial charge < -0.3 is 5.32 Å². The first-order valence-corrected chi connectivity index (χ1v) is 8.56. The van der Waals surface area contributed by atoms with E-state index in [0.717, 1.165) is 22.5 Å². The second kappa shape index (κ2) is 7.59. The number of nitrogens with zero attached hydrogens (tertiary/aromatic N) is 2. The number of rotatable bonds is 5. The summed E-state index contributed by atoms with van der Waals surface area (Å²) < 4.78 is 0. The average molecular weight is 329 g/mol. The molecule has 0 saturated carbocycles. The van der Waals surface area contributed by atoms with Gasteiger partial charge in [0, 0.05) is 17.9 Å². The van der Waals surface area contributed by atoms with Crippen molar-refractivity contribution >= 4 is 17.7 Å². The van der Waals surface area contributed by atoms with E-state index in [4.69, 9.17) is 0 Å². The molecule has 5 heteroatoms. The van der Waals surface area contributed by atoms with Crippen LogP contribution in [0.4, 0.5) is 0 Å². The summed E-state index contributed by atoms with van der Waals surface area (Å²) in [5.41, 5.74) is 5.34. The molecule has 1 aromatic carbocycles. The van der Waals surface area contributed by atoms with E-state index in [1.54, 1.807) is 0 Å². The Morgan fingerprint density at radius 2 is 1.65 bits per heavy atom. The zero-order valence-electron chi connectivity index (χ0n) is 14.3. The largest absolute Gasteiger partial charge is 0.351 e. The van der Waals surface area contributed by atoms with Gasteiger partial charge in [-0.1, -0.05) is 41.6 Å². The quantitative estimate of drug-likeness (QED) is 0.674. The predicted molar refractivity (Wildman–Crippen MR) is 94.6 cm³/mol. The fourth-order valence-corrected chi connectivity index (χ4v) is 2.93. The molecule has 0 unspecified atom stereocenters. The fourth-order valence-electron chi connectivity index (χ4n) is 2.04. The normalized spacial score (nSPS) is 12.0. The van der Waals surface area contributed by atoms with Crippen molar-refractivity contribution in [2.24, 2.45) is 0 Å². The number of hydrogen-bond acceptors (Lipinski definition) is 4. The predicted octanol–water partition coefficient (Wildman–Crippen LogP) is 3.51. The molecule has 0 spiro atoms. The number of aromatic nitrogens is 2. The molecule has 0 aliphatic rings. The summed E-state index contributed by atoms with van der Waals surface area (Å²) in [6.07, 6.45) is 0. The Balaban J connectivity index is 1.93. The Morgan fingerprint density at radius 3 is 2.22 bits per heavy atom. The third-order valence-electron chi connectivity index (χ3n) is 3.85. The minimum absolute atomic E-state index is 0.00458. The van der Waals surface area contributed by atoms with Crippen LogP contribution < -0.4 is 5.32 Å². The van der Waals surface area contributed by atoms with Crippen LogP contribution in [0.5, 0.6) is 0 Å². The zero-order chi connectivity index (χ0) is 17.0. The van der Waals surface area contributed by atoms with Crippen molar-refractivity contribution in [2.75, 3.05) is 0 Å². The number of carbonyl (C=O) groups excluding carboxylic acids is 1. The van der Waals surface area contributed by atoms with Crippen molar-refractivity contribution in [3.63, 3.8) is 0 Å². The zero-order valence-corrected chi connectivity index (χ0v) is 15.1. The summed E-state index contributed by atoms with van der Waals surface area (Å²) in [5, 5.41) is 3.39. The van der Waals surface area contributed by atoms with Gasteiger partial charge in [-0.3, -0.25) is 4.79 Å². The Morgan fingerprint density at radius 1 is 1.09 bits per heavy atom. The molecule has 1 amide bonds. The maximum atomic E-state index is 12.2. The molecule has 122 valence electrons. The summed E-state index contributed by atoms with van der Waals surface area (Å²) in [4.78, 5) is 21.1. The number of benzene rings is 1. The molecule has 0 radical (unpaired) electrons. The van der Waals surface area contributed by atoms with Crippen molar-refractivity contribution in [3.05, 3.63) is 52.3 Å². The SMILES string of the molecule is Cc1ccc(CNC(=O)[C@@H](C)Sc2nc(C)c(C)c(C)n2)cc1. The minimum atomic E-state index is -0.234. The van der Waals surface area contributed by atoms with Crippen LogP contribution in [0.25, 0.3) is 0 Å². The van der Waals surface area contributed by atoms with E-state index in [1.165, 1.54) is 17.3 Å². The van der Waals surface area contributed by atoms with Crippen LogP contribution in [0.15, 0.2) is 29.4 Å². The summed E-state index contributed by atoms with van der Waals surface area (Å²) in [6.45, 7) is 10.4. The van der Waals surface area contributed by atoms with Crippen LogP contribution in [0.3, 0.4) is 0 Å². The van der Waals surface area contributed by atoms with Gasteiger partial charge in [0.1, 0.15) is 0 Å². The minimum Gasteiger partial charge on any atom is -0.351 e. The van der Waals surface area contributed by atoms with Crippen LogP contribution in [0.1, 0.15) is 35.0 Å². The monoisotopic (exact) mass is 329 g/mol.